The van der Waals surface area contributed by atoms with Crippen LogP contribution in [0.1, 0.15) is 63.2 Å². The molecule has 8 nitrogen and oxygen atoms in total. The van der Waals surface area contributed by atoms with Gasteiger partial charge in [-0.2, -0.15) is 0 Å². The highest BCUT2D eigenvalue weighted by Gasteiger charge is 2.35. The van der Waals surface area contributed by atoms with E-state index in [-0.39, 0.29) is 36.7 Å². The second kappa shape index (κ2) is 11.0. The normalized spacial score (nSPS) is 13.4. The summed E-state index contributed by atoms with van der Waals surface area (Å²) in [4.78, 5) is 42.9. The van der Waals surface area contributed by atoms with Crippen LogP contribution in [0.25, 0.3) is 0 Å². The standard InChI is InChI=1S/C28H29N3O5/c1-18-6-8-22-23(15-18)28(34)31(27(22)33)14-4-5-26(32)30-19(2)21-7-9-24(25(16-21)35-3)36-17-20-10-12-29-13-11-20/h6-13,15-16,19H,4-5,14,17H2,1-3H3,(H,30,32). The molecule has 0 radical (unpaired) electrons. The van der Waals surface area contributed by atoms with E-state index in [9.17, 15) is 14.4 Å². The van der Waals surface area contributed by atoms with Crippen LogP contribution in [0.4, 0.5) is 0 Å². The third-order valence-electron chi connectivity index (χ3n) is 6.12. The van der Waals surface area contributed by atoms with E-state index in [4.69, 9.17) is 9.47 Å². The molecule has 0 aliphatic carbocycles. The first-order chi connectivity index (χ1) is 17.4. The van der Waals surface area contributed by atoms with Crippen LogP contribution < -0.4 is 14.8 Å². The Kier molecular flexibility index (Phi) is 7.63. The highest BCUT2D eigenvalue weighted by Crippen LogP contribution is 2.31. The maximum atomic E-state index is 12.6. The maximum Gasteiger partial charge on any atom is 0.261 e. The van der Waals surface area contributed by atoms with E-state index in [2.05, 4.69) is 10.3 Å². The molecule has 0 saturated carbocycles. The van der Waals surface area contributed by atoms with Gasteiger partial charge in [-0.1, -0.05) is 17.7 Å². The topological polar surface area (TPSA) is 97.8 Å². The Morgan fingerprint density at radius 1 is 1.00 bits per heavy atom. The van der Waals surface area contributed by atoms with E-state index >= 15 is 0 Å². The van der Waals surface area contributed by atoms with Crippen LogP contribution in [0.2, 0.25) is 0 Å². The predicted molar refractivity (Wildman–Crippen MR) is 134 cm³/mol. The average Bonchev–Trinajstić information content (AvgIpc) is 3.12. The monoisotopic (exact) mass is 487 g/mol. The van der Waals surface area contributed by atoms with Crippen molar-refractivity contribution >= 4 is 17.7 Å². The Morgan fingerprint density at radius 2 is 1.75 bits per heavy atom. The second-order valence-corrected chi connectivity index (χ2v) is 8.76. The molecule has 186 valence electrons. The third-order valence-corrected chi connectivity index (χ3v) is 6.12. The lowest BCUT2D eigenvalue weighted by Crippen LogP contribution is -2.32. The largest absolute Gasteiger partial charge is 0.493 e. The van der Waals surface area contributed by atoms with Crippen LogP contribution in [-0.2, 0) is 11.4 Å². The molecule has 0 saturated heterocycles. The van der Waals surface area contributed by atoms with Crippen LogP contribution in [0.5, 0.6) is 11.5 Å². The fourth-order valence-electron chi connectivity index (χ4n) is 4.12. The van der Waals surface area contributed by atoms with Crippen molar-refractivity contribution in [3.63, 3.8) is 0 Å². The van der Waals surface area contributed by atoms with Gasteiger partial charge in [0.2, 0.25) is 5.91 Å². The Balaban J connectivity index is 1.28. The van der Waals surface area contributed by atoms with E-state index in [1.54, 1.807) is 31.6 Å². The summed E-state index contributed by atoms with van der Waals surface area (Å²) in [6.45, 7) is 4.35. The number of methoxy groups -OCH3 is 1. The number of benzene rings is 2. The van der Waals surface area contributed by atoms with Gasteiger partial charge in [-0.25, -0.2) is 0 Å². The molecular formula is C28H29N3O5. The number of fused-ring (bicyclic) bond motifs is 1. The molecule has 2 aromatic carbocycles. The number of imide groups is 1. The van der Waals surface area contributed by atoms with Crippen molar-refractivity contribution in [2.24, 2.45) is 0 Å². The molecule has 1 N–H and O–H groups in total. The van der Waals surface area contributed by atoms with E-state index in [1.807, 2.05) is 50.2 Å². The zero-order chi connectivity index (χ0) is 25.7. The Labute approximate surface area is 210 Å². The number of rotatable bonds is 10. The summed E-state index contributed by atoms with van der Waals surface area (Å²) in [5.41, 5.74) is 3.64. The van der Waals surface area contributed by atoms with Gasteiger partial charge in [0, 0.05) is 25.4 Å². The molecule has 8 heteroatoms. The van der Waals surface area contributed by atoms with Gasteiger partial charge in [0.1, 0.15) is 6.61 Å². The number of aromatic nitrogens is 1. The number of nitrogens with one attached hydrogen (secondary N) is 1. The average molecular weight is 488 g/mol. The molecule has 0 fully saturated rings. The van der Waals surface area contributed by atoms with Crippen LogP contribution in [0.3, 0.4) is 0 Å². The number of carbonyl (C=O) groups is 3. The zero-order valence-corrected chi connectivity index (χ0v) is 20.6. The van der Waals surface area contributed by atoms with Crippen LogP contribution in [0.15, 0.2) is 60.9 Å². The van der Waals surface area contributed by atoms with E-state index < -0.39 is 0 Å². The summed E-state index contributed by atoms with van der Waals surface area (Å²) in [7, 11) is 1.57. The molecule has 1 aliphatic rings. The molecular weight excluding hydrogens is 458 g/mol. The van der Waals surface area contributed by atoms with E-state index in [0.29, 0.717) is 35.7 Å². The number of pyridine rings is 1. The van der Waals surface area contributed by atoms with Crippen molar-refractivity contribution in [2.45, 2.75) is 39.3 Å². The van der Waals surface area contributed by atoms with Gasteiger partial charge in [-0.05, 0) is 67.8 Å². The second-order valence-electron chi connectivity index (χ2n) is 8.76. The summed E-state index contributed by atoms with van der Waals surface area (Å²) < 4.78 is 11.4. The minimum absolute atomic E-state index is 0.160. The lowest BCUT2D eigenvalue weighted by molar-refractivity contribution is -0.121. The summed E-state index contributed by atoms with van der Waals surface area (Å²) in [6.07, 6.45) is 4.00. The van der Waals surface area contributed by atoms with Crippen molar-refractivity contribution in [3.8, 4) is 11.5 Å². The number of aryl methyl sites for hydroxylation is 1. The smallest absolute Gasteiger partial charge is 0.261 e. The molecule has 0 bridgehead atoms. The maximum absolute atomic E-state index is 12.6. The Bertz CT molecular complexity index is 1280. The molecule has 1 unspecified atom stereocenters. The molecule has 1 aromatic heterocycles. The SMILES string of the molecule is COc1cc(C(C)NC(=O)CCCN2C(=O)c3ccc(C)cc3C2=O)ccc1OCc1ccncc1. The Hall–Kier alpha value is -4.20. The molecule has 0 spiro atoms. The highest BCUT2D eigenvalue weighted by atomic mass is 16.5. The van der Waals surface area contributed by atoms with Crippen molar-refractivity contribution in [1.82, 2.24) is 15.2 Å². The summed E-state index contributed by atoms with van der Waals surface area (Å²) >= 11 is 0. The first-order valence-corrected chi connectivity index (χ1v) is 11.8. The van der Waals surface area contributed by atoms with Crippen molar-refractivity contribution in [2.75, 3.05) is 13.7 Å². The molecule has 36 heavy (non-hydrogen) atoms. The van der Waals surface area contributed by atoms with Gasteiger partial charge in [0.15, 0.2) is 11.5 Å². The molecule has 2 heterocycles. The lowest BCUT2D eigenvalue weighted by Gasteiger charge is -2.18. The van der Waals surface area contributed by atoms with Crippen LogP contribution >= 0.6 is 0 Å². The summed E-state index contributed by atoms with van der Waals surface area (Å²) in [5, 5.41) is 2.97. The molecule has 1 aliphatic heterocycles. The van der Waals surface area contributed by atoms with Gasteiger partial charge < -0.3 is 14.8 Å². The van der Waals surface area contributed by atoms with Gasteiger partial charge >= 0.3 is 0 Å². The molecule has 3 amide bonds. The molecule has 3 aromatic rings. The van der Waals surface area contributed by atoms with E-state index in [1.165, 1.54) is 4.90 Å². The predicted octanol–water partition coefficient (Wildman–Crippen LogP) is 4.23. The quantitative estimate of drug-likeness (QED) is 0.430. The summed E-state index contributed by atoms with van der Waals surface area (Å²) in [5.74, 6) is 0.413. The van der Waals surface area contributed by atoms with Crippen molar-refractivity contribution in [3.05, 3.63) is 88.7 Å². The summed E-state index contributed by atoms with van der Waals surface area (Å²) in [6, 6.07) is 14.3. The minimum atomic E-state index is -0.304. The number of hydrogen-bond donors (Lipinski definition) is 1. The van der Waals surface area contributed by atoms with Crippen LogP contribution in [-0.4, -0.2) is 41.3 Å². The zero-order valence-electron chi connectivity index (χ0n) is 20.6. The van der Waals surface area contributed by atoms with Crippen molar-refractivity contribution < 1.29 is 23.9 Å². The third kappa shape index (κ3) is 5.54. The molecule has 1 atom stereocenters. The minimum Gasteiger partial charge on any atom is -0.493 e. The Morgan fingerprint density at radius 3 is 2.50 bits per heavy atom. The number of ether oxygens (including phenoxy) is 2. The van der Waals surface area contributed by atoms with Gasteiger partial charge in [0.05, 0.1) is 24.3 Å². The molecule has 4 rings (SSSR count). The lowest BCUT2D eigenvalue weighted by atomic mass is 10.1. The number of hydrogen-bond acceptors (Lipinski definition) is 6. The fraction of sp³-hybridized carbons (Fsp3) is 0.286. The van der Waals surface area contributed by atoms with E-state index in [0.717, 1.165) is 16.7 Å². The van der Waals surface area contributed by atoms with Crippen LogP contribution in [0, 0.1) is 6.92 Å². The first kappa shape index (κ1) is 24.9. The van der Waals surface area contributed by atoms with Gasteiger partial charge in [0.25, 0.3) is 11.8 Å². The van der Waals surface area contributed by atoms with Gasteiger partial charge in [-0.3, -0.25) is 24.3 Å². The van der Waals surface area contributed by atoms with Gasteiger partial charge in [-0.15, -0.1) is 0 Å². The number of carbonyl (C=O) groups excluding carboxylic acids is 3. The highest BCUT2D eigenvalue weighted by molar-refractivity contribution is 6.21. The first-order valence-electron chi connectivity index (χ1n) is 11.8. The number of nitrogens with zero attached hydrogens (tertiary/aromatic N) is 2. The number of amides is 3. The van der Waals surface area contributed by atoms with Crippen molar-refractivity contribution in [1.29, 1.82) is 0 Å². The fourth-order valence-corrected chi connectivity index (χ4v) is 4.12.